The summed E-state index contributed by atoms with van der Waals surface area (Å²) in [6.07, 6.45) is 3.97. The first-order chi connectivity index (χ1) is 15.2. The molecule has 6 heteroatoms. The Morgan fingerprint density at radius 2 is 1.97 bits per heavy atom. The van der Waals surface area contributed by atoms with E-state index in [0.717, 1.165) is 36.9 Å². The molecule has 6 nitrogen and oxygen atoms in total. The number of carbonyl (C=O) groups is 2. The predicted molar refractivity (Wildman–Crippen MR) is 123 cm³/mol. The van der Waals surface area contributed by atoms with Gasteiger partial charge in [0.1, 0.15) is 0 Å². The Morgan fingerprint density at radius 3 is 2.66 bits per heavy atom. The first-order valence-corrected chi connectivity index (χ1v) is 11.5. The first kappa shape index (κ1) is 23.9. The first-order valence-electron chi connectivity index (χ1n) is 11.5. The van der Waals surface area contributed by atoms with Crippen LogP contribution >= 0.6 is 0 Å². The van der Waals surface area contributed by atoms with E-state index in [1.807, 2.05) is 13.8 Å². The number of aromatic hydroxyl groups is 1. The van der Waals surface area contributed by atoms with E-state index in [4.69, 9.17) is 9.47 Å². The smallest absolute Gasteiger partial charge is 0.336 e. The summed E-state index contributed by atoms with van der Waals surface area (Å²) in [6.45, 7) is 10.7. The highest BCUT2D eigenvalue weighted by atomic mass is 16.5. The van der Waals surface area contributed by atoms with Crippen LogP contribution in [0.4, 0.5) is 0 Å². The van der Waals surface area contributed by atoms with Crippen LogP contribution in [0.25, 0.3) is 0 Å². The molecule has 0 spiro atoms. The zero-order chi connectivity index (χ0) is 23.5. The fourth-order valence-electron chi connectivity index (χ4n) is 4.62. The lowest BCUT2D eigenvalue weighted by Gasteiger charge is -2.39. The molecule has 1 aliphatic heterocycles. The van der Waals surface area contributed by atoms with E-state index in [1.54, 1.807) is 18.2 Å². The number of hydrogen-bond donors (Lipinski definition) is 2. The molecule has 0 saturated heterocycles. The number of phenolic OH excluding ortho intramolecular Hbond substituents is 1. The number of hydrogen-bond acceptors (Lipinski definition) is 6. The average molecular weight is 442 g/mol. The van der Waals surface area contributed by atoms with Crippen LogP contribution in [0.2, 0.25) is 0 Å². The van der Waals surface area contributed by atoms with Gasteiger partial charge in [-0.2, -0.15) is 0 Å². The lowest BCUT2D eigenvalue weighted by molar-refractivity contribution is -0.139. The minimum Gasteiger partial charge on any atom is -0.504 e. The highest BCUT2D eigenvalue weighted by Crippen LogP contribution is 2.47. The minimum absolute atomic E-state index is 0.0271. The van der Waals surface area contributed by atoms with Crippen LogP contribution in [-0.2, 0) is 14.3 Å². The molecule has 174 valence electrons. The van der Waals surface area contributed by atoms with Gasteiger partial charge in [0.05, 0.1) is 18.8 Å². The van der Waals surface area contributed by atoms with Gasteiger partial charge < -0.3 is 19.9 Å². The van der Waals surface area contributed by atoms with Crippen LogP contribution in [0.5, 0.6) is 11.5 Å². The number of esters is 1. The van der Waals surface area contributed by atoms with Crippen molar-refractivity contribution in [2.45, 2.75) is 72.6 Å². The lowest BCUT2D eigenvalue weighted by Crippen LogP contribution is -2.38. The molecule has 1 atom stereocenters. The second-order valence-electron chi connectivity index (χ2n) is 9.43. The van der Waals surface area contributed by atoms with Crippen molar-refractivity contribution in [3.63, 3.8) is 0 Å². The Labute approximate surface area is 190 Å². The van der Waals surface area contributed by atoms with Crippen molar-refractivity contribution < 1.29 is 24.2 Å². The highest BCUT2D eigenvalue weighted by Gasteiger charge is 2.43. The van der Waals surface area contributed by atoms with Gasteiger partial charge in [-0.1, -0.05) is 39.7 Å². The van der Waals surface area contributed by atoms with Gasteiger partial charge in [-0.05, 0) is 49.8 Å². The predicted octanol–water partition coefficient (Wildman–Crippen LogP) is 5.13. The highest BCUT2D eigenvalue weighted by molar-refractivity contribution is 6.04. The molecule has 2 aliphatic rings. The Bertz CT molecular complexity index is 957. The third-order valence-corrected chi connectivity index (χ3v) is 6.06. The number of phenols is 1. The number of Topliss-reactive ketones (excluding diaryl/α,β-unsaturated/α-hetero) is 1. The molecular formula is C26H35NO5. The maximum Gasteiger partial charge on any atom is 0.336 e. The van der Waals surface area contributed by atoms with E-state index in [1.165, 1.54) is 0 Å². The van der Waals surface area contributed by atoms with Gasteiger partial charge in [0, 0.05) is 29.3 Å². The lowest BCUT2D eigenvalue weighted by atomic mass is 9.68. The van der Waals surface area contributed by atoms with E-state index in [-0.39, 0.29) is 16.9 Å². The van der Waals surface area contributed by atoms with Crippen molar-refractivity contribution in [2.24, 2.45) is 5.41 Å². The largest absolute Gasteiger partial charge is 0.504 e. The summed E-state index contributed by atoms with van der Waals surface area (Å²) >= 11 is 0. The molecular weight excluding hydrogens is 406 g/mol. The molecule has 1 aromatic rings. The molecule has 32 heavy (non-hydrogen) atoms. The van der Waals surface area contributed by atoms with Gasteiger partial charge >= 0.3 is 5.97 Å². The fourth-order valence-corrected chi connectivity index (χ4v) is 4.62. The molecule has 0 bridgehead atoms. The van der Waals surface area contributed by atoms with Crippen LogP contribution in [0.1, 0.15) is 78.2 Å². The molecule has 0 unspecified atom stereocenters. The van der Waals surface area contributed by atoms with Crippen LogP contribution < -0.4 is 10.1 Å². The van der Waals surface area contributed by atoms with Crippen LogP contribution in [0.3, 0.4) is 0 Å². The zero-order valence-corrected chi connectivity index (χ0v) is 19.8. The standard InChI is InChI=1S/C26H35NO5/c1-6-8-9-12-32-25(30)22-16(3)27-18-14-26(4,5)15-20(29)24(18)23(22)17-10-11-19(28)21(13-17)31-7-2/h10-11,13,23,27-28H,6-9,12,14-15H2,1-5H3/t23-/m1/s1. The monoisotopic (exact) mass is 441 g/mol. The summed E-state index contributed by atoms with van der Waals surface area (Å²) in [5.41, 5.74) is 3.20. The van der Waals surface area contributed by atoms with E-state index in [0.29, 0.717) is 42.2 Å². The number of rotatable bonds is 8. The van der Waals surface area contributed by atoms with Gasteiger partial charge in [0.15, 0.2) is 17.3 Å². The topological polar surface area (TPSA) is 84.9 Å². The summed E-state index contributed by atoms with van der Waals surface area (Å²) in [5.74, 6) is -0.579. The van der Waals surface area contributed by atoms with Crippen molar-refractivity contribution in [1.82, 2.24) is 5.32 Å². The van der Waals surface area contributed by atoms with Crippen LogP contribution in [0.15, 0.2) is 40.7 Å². The minimum atomic E-state index is -0.562. The van der Waals surface area contributed by atoms with Crippen molar-refractivity contribution >= 4 is 11.8 Å². The Morgan fingerprint density at radius 1 is 1.22 bits per heavy atom. The third-order valence-electron chi connectivity index (χ3n) is 6.06. The molecule has 0 fully saturated rings. The Kier molecular flexibility index (Phi) is 7.32. The molecule has 0 amide bonds. The van der Waals surface area contributed by atoms with Crippen molar-refractivity contribution in [3.05, 3.63) is 46.3 Å². The zero-order valence-electron chi connectivity index (χ0n) is 19.8. The summed E-state index contributed by atoms with van der Waals surface area (Å²) in [4.78, 5) is 26.5. The molecule has 0 saturated carbocycles. The van der Waals surface area contributed by atoms with Crippen LogP contribution in [-0.4, -0.2) is 30.1 Å². The summed E-state index contributed by atoms with van der Waals surface area (Å²) < 4.78 is 11.2. The SMILES string of the molecule is CCCCCOC(=O)C1=C(C)NC2=C(C(=O)CC(C)(C)C2)[C@@H]1c1ccc(O)c(OCC)c1. The Balaban J connectivity index is 2.07. The molecule has 3 rings (SSSR count). The van der Waals surface area contributed by atoms with Crippen molar-refractivity contribution in [3.8, 4) is 11.5 Å². The second kappa shape index (κ2) is 9.80. The molecule has 0 radical (unpaired) electrons. The van der Waals surface area contributed by atoms with Crippen molar-refractivity contribution in [1.29, 1.82) is 0 Å². The van der Waals surface area contributed by atoms with E-state index >= 15 is 0 Å². The summed E-state index contributed by atoms with van der Waals surface area (Å²) in [7, 11) is 0. The molecule has 2 N–H and O–H groups in total. The maximum absolute atomic E-state index is 13.3. The van der Waals surface area contributed by atoms with Gasteiger partial charge in [0.2, 0.25) is 0 Å². The number of ether oxygens (including phenoxy) is 2. The average Bonchev–Trinajstić information content (AvgIpc) is 2.71. The quantitative estimate of drug-likeness (QED) is 0.430. The number of allylic oxidation sites excluding steroid dienone is 3. The summed E-state index contributed by atoms with van der Waals surface area (Å²) in [5, 5.41) is 13.5. The van der Waals surface area contributed by atoms with Crippen LogP contribution in [0, 0.1) is 5.41 Å². The van der Waals surface area contributed by atoms with Crippen molar-refractivity contribution in [2.75, 3.05) is 13.2 Å². The van der Waals surface area contributed by atoms with E-state index in [2.05, 4.69) is 26.1 Å². The van der Waals surface area contributed by atoms with Gasteiger partial charge in [-0.25, -0.2) is 4.79 Å². The Hall–Kier alpha value is -2.76. The number of nitrogens with one attached hydrogen (secondary N) is 1. The van der Waals surface area contributed by atoms with E-state index in [9.17, 15) is 14.7 Å². The van der Waals surface area contributed by atoms with Gasteiger partial charge in [0.25, 0.3) is 0 Å². The molecule has 0 aromatic heterocycles. The fraction of sp³-hybridized carbons (Fsp3) is 0.538. The third kappa shape index (κ3) is 5.00. The maximum atomic E-state index is 13.3. The molecule has 1 aliphatic carbocycles. The number of dihydropyridines is 1. The number of ketones is 1. The normalized spacial score (nSPS) is 20.0. The van der Waals surface area contributed by atoms with Gasteiger partial charge in [-0.3, -0.25) is 4.79 Å². The number of carbonyl (C=O) groups excluding carboxylic acids is 2. The molecule has 1 heterocycles. The second-order valence-corrected chi connectivity index (χ2v) is 9.43. The van der Waals surface area contributed by atoms with E-state index < -0.39 is 11.9 Å². The summed E-state index contributed by atoms with van der Waals surface area (Å²) in [6, 6.07) is 5.03. The number of benzene rings is 1. The molecule has 1 aromatic carbocycles. The number of unbranched alkanes of at least 4 members (excludes halogenated alkanes) is 2. The van der Waals surface area contributed by atoms with Gasteiger partial charge in [-0.15, -0.1) is 0 Å².